The molecule has 140 valence electrons. The summed E-state index contributed by atoms with van der Waals surface area (Å²) in [7, 11) is 0. The number of H-pyrrole nitrogens is 1. The van der Waals surface area contributed by atoms with Crippen LogP contribution in [0.15, 0.2) is 47.3 Å². The predicted octanol–water partition coefficient (Wildman–Crippen LogP) is 1.41. The molecule has 1 atom stereocenters. The lowest BCUT2D eigenvalue weighted by molar-refractivity contribution is -0.904. The fourth-order valence-corrected chi connectivity index (χ4v) is 2.87. The largest absolute Gasteiger partial charge is 0.321 e. The molecule has 0 saturated carbocycles. The smallest absolute Gasteiger partial charge is 0.279 e. The summed E-state index contributed by atoms with van der Waals surface area (Å²) in [6.45, 7) is 4.88. The molecule has 3 aromatic rings. The summed E-state index contributed by atoms with van der Waals surface area (Å²) in [5, 5.41) is 3.25. The molecule has 7 heteroatoms. The molecule has 2 aromatic carbocycles. The van der Waals surface area contributed by atoms with Crippen LogP contribution >= 0.6 is 0 Å². The lowest BCUT2D eigenvalue weighted by atomic mass is 10.2. The van der Waals surface area contributed by atoms with Gasteiger partial charge in [0.25, 0.3) is 11.5 Å². The van der Waals surface area contributed by atoms with E-state index < -0.39 is 0 Å². The number of rotatable bonds is 6. The third-order valence-corrected chi connectivity index (χ3v) is 4.45. The Morgan fingerprint density at radius 2 is 2.04 bits per heavy atom. The summed E-state index contributed by atoms with van der Waals surface area (Å²) in [6.07, 6.45) is 0. The molecule has 0 aliphatic carbocycles. The molecular formula is C20H22FN4O2+. The number of para-hydroxylation sites is 1. The van der Waals surface area contributed by atoms with Gasteiger partial charge in [-0.3, -0.25) is 9.59 Å². The van der Waals surface area contributed by atoms with Crippen molar-refractivity contribution >= 4 is 22.5 Å². The van der Waals surface area contributed by atoms with E-state index in [1.165, 1.54) is 6.07 Å². The van der Waals surface area contributed by atoms with Crippen LogP contribution in [0.1, 0.15) is 18.3 Å². The predicted molar refractivity (Wildman–Crippen MR) is 102 cm³/mol. The standard InChI is InChI=1S/C20H21FN4O2/c1-3-25(12-19(26)22-14-9-8-13(2)16(21)10-14)11-18-23-17-7-5-4-6-15(17)20(27)24-18/h4-10H,3,11-12H2,1-2H3,(H,22,26)(H,23,24,27)/p+1. The second-order valence-corrected chi connectivity index (χ2v) is 6.50. The molecule has 0 fully saturated rings. The van der Waals surface area contributed by atoms with Gasteiger partial charge < -0.3 is 15.2 Å². The van der Waals surface area contributed by atoms with Crippen LogP contribution in [-0.4, -0.2) is 29.0 Å². The summed E-state index contributed by atoms with van der Waals surface area (Å²) in [4.78, 5) is 32.7. The number of hydrogen-bond acceptors (Lipinski definition) is 3. The molecule has 0 saturated heterocycles. The van der Waals surface area contributed by atoms with E-state index in [1.807, 2.05) is 13.0 Å². The van der Waals surface area contributed by atoms with Crippen LogP contribution in [0, 0.1) is 12.7 Å². The zero-order valence-electron chi connectivity index (χ0n) is 15.3. The molecule has 0 aliphatic heterocycles. The zero-order valence-corrected chi connectivity index (χ0v) is 15.3. The maximum absolute atomic E-state index is 13.6. The molecule has 1 unspecified atom stereocenters. The average molecular weight is 369 g/mol. The molecule has 0 bridgehead atoms. The van der Waals surface area contributed by atoms with E-state index >= 15 is 0 Å². The van der Waals surface area contributed by atoms with Gasteiger partial charge in [-0.2, -0.15) is 0 Å². The summed E-state index contributed by atoms with van der Waals surface area (Å²) >= 11 is 0. The number of amides is 1. The van der Waals surface area contributed by atoms with E-state index in [2.05, 4.69) is 15.3 Å². The fraction of sp³-hybridized carbons (Fsp3) is 0.250. The zero-order chi connectivity index (χ0) is 19.4. The van der Waals surface area contributed by atoms with E-state index in [9.17, 15) is 14.0 Å². The molecule has 0 spiro atoms. The van der Waals surface area contributed by atoms with Crippen LogP contribution in [0.2, 0.25) is 0 Å². The first-order chi connectivity index (χ1) is 13.0. The Balaban J connectivity index is 1.69. The minimum Gasteiger partial charge on any atom is -0.321 e. The molecule has 3 rings (SSSR count). The van der Waals surface area contributed by atoms with Gasteiger partial charge in [-0.15, -0.1) is 0 Å². The maximum Gasteiger partial charge on any atom is 0.279 e. The average Bonchev–Trinajstić information content (AvgIpc) is 2.64. The number of fused-ring (bicyclic) bond motifs is 1. The van der Waals surface area contributed by atoms with E-state index in [-0.39, 0.29) is 23.8 Å². The summed E-state index contributed by atoms with van der Waals surface area (Å²) in [6, 6.07) is 11.7. The van der Waals surface area contributed by atoms with Gasteiger partial charge in [0.05, 0.1) is 17.4 Å². The number of halogens is 1. The Hall–Kier alpha value is -3.06. The Labute approximate surface area is 156 Å². The number of aromatic nitrogens is 2. The third kappa shape index (κ3) is 4.57. The highest BCUT2D eigenvalue weighted by Crippen LogP contribution is 2.13. The van der Waals surface area contributed by atoms with Gasteiger partial charge >= 0.3 is 0 Å². The van der Waals surface area contributed by atoms with Crippen LogP contribution < -0.4 is 15.8 Å². The summed E-state index contributed by atoms with van der Waals surface area (Å²) in [5.41, 5.74) is 1.40. The molecular weight excluding hydrogens is 347 g/mol. The van der Waals surface area contributed by atoms with Gasteiger partial charge in [0.15, 0.2) is 12.4 Å². The lowest BCUT2D eigenvalue weighted by Gasteiger charge is -2.17. The highest BCUT2D eigenvalue weighted by Gasteiger charge is 2.16. The van der Waals surface area contributed by atoms with Crippen LogP contribution in [0.3, 0.4) is 0 Å². The molecule has 0 aliphatic rings. The van der Waals surface area contributed by atoms with Gasteiger partial charge in [0.1, 0.15) is 12.4 Å². The van der Waals surface area contributed by atoms with Gasteiger partial charge in [-0.25, -0.2) is 9.37 Å². The van der Waals surface area contributed by atoms with E-state index in [4.69, 9.17) is 0 Å². The van der Waals surface area contributed by atoms with Crippen molar-refractivity contribution in [1.82, 2.24) is 9.97 Å². The van der Waals surface area contributed by atoms with Crippen LogP contribution in [-0.2, 0) is 11.3 Å². The number of carbonyl (C=O) groups is 1. The highest BCUT2D eigenvalue weighted by molar-refractivity contribution is 5.91. The van der Waals surface area contributed by atoms with Crippen molar-refractivity contribution in [3.8, 4) is 0 Å². The number of likely N-dealkylation sites (N-methyl/N-ethyl adjacent to an activating group) is 1. The molecule has 3 N–H and O–H groups in total. The Bertz CT molecular complexity index is 1030. The first-order valence-electron chi connectivity index (χ1n) is 8.83. The third-order valence-electron chi connectivity index (χ3n) is 4.45. The van der Waals surface area contributed by atoms with E-state index in [0.29, 0.717) is 41.1 Å². The molecule has 0 radical (unpaired) electrons. The molecule has 6 nitrogen and oxygen atoms in total. The lowest BCUT2D eigenvalue weighted by Crippen LogP contribution is -3.11. The minimum absolute atomic E-state index is 0.183. The number of nitrogens with zero attached hydrogens (tertiary/aromatic N) is 1. The Morgan fingerprint density at radius 1 is 1.26 bits per heavy atom. The summed E-state index contributed by atoms with van der Waals surface area (Å²) < 4.78 is 13.6. The first kappa shape index (κ1) is 18.7. The normalized spacial score (nSPS) is 12.1. The van der Waals surface area contributed by atoms with Crippen LogP contribution in [0.25, 0.3) is 10.9 Å². The number of nitrogens with one attached hydrogen (secondary N) is 3. The first-order valence-corrected chi connectivity index (χ1v) is 8.83. The Kier molecular flexibility index (Phi) is 5.61. The van der Waals surface area contributed by atoms with E-state index in [0.717, 1.165) is 4.90 Å². The molecule has 27 heavy (non-hydrogen) atoms. The monoisotopic (exact) mass is 369 g/mol. The van der Waals surface area contributed by atoms with Gasteiger partial charge in [0.2, 0.25) is 0 Å². The Morgan fingerprint density at radius 3 is 2.78 bits per heavy atom. The number of aromatic amines is 1. The highest BCUT2D eigenvalue weighted by atomic mass is 19.1. The van der Waals surface area contributed by atoms with Crippen LogP contribution in [0.4, 0.5) is 10.1 Å². The van der Waals surface area contributed by atoms with Gasteiger partial charge in [-0.05, 0) is 43.7 Å². The second-order valence-electron chi connectivity index (χ2n) is 6.50. The number of quaternary nitrogens is 1. The van der Waals surface area contributed by atoms with Gasteiger partial charge in [0, 0.05) is 5.69 Å². The van der Waals surface area contributed by atoms with E-state index in [1.54, 1.807) is 37.3 Å². The minimum atomic E-state index is -0.356. The van der Waals surface area contributed by atoms with Gasteiger partial charge in [-0.1, -0.05) is 18.2 Å². The SMILES string of the molecule is CC[NH+](CC(=O)Nc1ccc(C)c(F)c1)Cc1nc2ccccc2c(=O)[nH]1. The number of hydrogen-bond donors (Lipinski definition) is 3. The molecule has 1 amide bonds. The number of benzene rings is 2. The second kappa shape index (κ2) is 8.09. The van der Waals surface area contributed by atoms with Crippen LogP contribution in [0.5, 0.6) is 0 Å². The molecule has 1 aromatic heterocycles. The van der Waals surface area contributed by atoms with Crippen molar-refractivity contribution in [2.45, 2.75) is 20.4 Å². The van der Waals surface area contributed by atoms with Crippen molar-refractivity contribution in [3.63, 3.8) is 0 Å². The topological polar surface area (TPSA) is 79.3 Å². The number of anilines is 1. The van der Waals surface area contributed by atoms with Crippen molar-refractivity contribution in [3.05, 3.63) is 70.0 Å². The maximum atomic E-state index is 13.6. The van der Waals surface area contributed by atoms with Crippen molar-refractivity contribution in [2.75, 3.05) is 18.4 Å². The fourth-order valence-electron chi connectivity index (χ4n) is 2.87. The van der Waals surface area contributed by atoms with Crippen molar-refractivity contribution < 1.29 is 14.1 Å². The summed E-state index contributed by atoms with van der Waals surface area (Å²) in [5.74, 6) is -0.0478. The van der Waals surface area contributed by atoms with Crippen molar-refractivity contribution in [2.24, 2.45) is 0 Å². The molecule has 1 heterocycles. The number of aryl methyl sites for hydroxylation is 1. The van der Waals surface area contributed by atoms with Crippen molar-refractivity contribution in [1.29, 1.82) is 0 Å². The quantitative estimate of drug-likeness (QED) is 0.615. The number of carbonyl (C=O) groups excluding carboxylic acids is 1.